The number of rotatable bonds is 3. The average molecular weight is 198 g/mol. The van der Waals surface area contributed by atoms with Gasteiger partial charge >= 0.3 is 5.97 Å². The van der Waals surface area contributed by atoms with E-state index in [-0.39, 0.29) is 0 Å². The molecule has 0 aromatic carbocycles. The standard InChI is InChI=1S/C10H11FO3/c1-7(11)9(12)14-10(2,3)8-5-4-6-13-8/h4-6H,1H2,2-3H3. The maximum absolute atomic E-state index is 12.4. The van der Waals surface area contributed by atoms with Gasteiger partial charge in [-0.1, -0.05) is 6.58 Å². The molecule has 1 aromatic heterocycles. The van der Waals surface area contributed by atoms with Crippen LogP contribution in [0.15, 0.2) is 35.2 Å². The molecule has 0 bridgehead atoms. The first-order chi connectivity index (χ1) is 6.43. The number of esters is 1. The highest BCUT2D eigenvalue weighted by Gasteiger charge is 2.29. The molecule has 0 fully saturated rings. The molecule has 1 aromatic rings. The number of halogens is 1. The van der Waals surface area contributed by atoms with E-state index < -0.39 is 17.4 Å². The molecule has 14 heavy (non-hydrogen) atoms. The molecule has 0 atom stereocenters. The van der Waals surface area contributed by atoms with Crippen molar-refractivity contribution in [1.29, 1.82) is 0 Å². The van der Waals surface area contributed by atoms with Gasteiger partial charge in [0.25, 0.3) is 0 Å². The lowest BCUT2D eigenvalue weighted by molar-refractivity contribution is -0.155. The van der Waals surface area contributed by atoms with Gasteiger partial charge < -0.3 is 9.15 Å². The SMILES string of the molecule is C=C(F)C(=O)OC(C)(C)c1ccco1. The Bertz CT molecular complexity index is 338. The van der Waals surface area contributed by atoms with Gasteiger partial charge in [0.05, 0.1) is 6.26 Å². The summed E-state index contributed by atoms with van der Waals surface area (Å²) in [6.07, 6.45) is 1.45. The van der Waals surface area contributed by atoms with Gasteiger partial charge in [0.15, 0.2) is 5.60 Å². The molecule has 76 valence electrons. The summed E-state index contributed by atoms with van der Waals surface area (Å²) in [7, 11) is 0. The molecule has 0 saturated heterocycles. The van der Waals surface area contributed by atoms with E-state index in [1.807, 2.05) is 0 Å². The fourth-order valence-electron chi connectivity index (χ4n) is 0.959. The highest BCUT2D eigenvalue weighted by Crippen LogP contribution is 2.25. The number of carbonyl (C=O) groups is 1. The maximum Gasteiger partial charge on any atom is 0.367 e. The summed E-state index contributed by atoms with van der Waals surface area (Å²) in [6, 6.07) is 3.31. The number of ether oxygens (including phenoxy) is 1. The first-order valence-corrected chi connectivity index (χ1v) is 4.05. The summed E-state index contributed by atoms with van der Waals surface area (Å²) in [5.41, 5.74) is -0.990. The third-order valence-corrected chi connectivity index (χ3v) is 1.68. The Hall–Kier alpha value is -1.58. The van der Waals surface area contributed by atoms with Gasteiger partial charge in [-0.05, 0) is 26.0 Å². The Balaban J connectivity index is 2.77. The van der Waals surface area contributed by atoms with Crippen molar-refractivity contribution in [3.8, 4) is 0 Å². The predicted molar refractivity (Wildman–Crippen MR) is 48.1 cm³/mol. The van der Waals surface area contributed by atoms with E-state index in [1.165, 1.54) is 6.26 Å². The van der Waals surface area contributed by atoms with E-state index in [4.69, 9.17) is 9.15 Å². The van der Waals surface area contributed by atoms with Crippen molar-refractivity contribution < 1.29 is 18.3 Å². The van der Waals surface area contributed by atoms with E-state index in [0.29, 0.717) is 5.76 Å². The Labute approximate surface area is 81.2 Å². The fraction of sp³-hybridized carbons (Fsp3) is 0.300. The van der Waals surface area contributed by atoms with Crippen LogP contribution in [0, 0.1) is 0 Å². The molecule has 0 N–H and O–H groups in total. The minimum atomic E-state index is -1.12. The van der Waals surface area contributed by atoms with Crippen molar-refractivity contribution in [2.45, 2.75) is 19.4 Å². The summed E-state index contributed by atoms with van der Waals surface area (Å²) in [5, 5.41) is 0. The first-order valence-electron chi connectivity index (χ1n) is 4.05. The molecular weight excluding hydrogens is 187 g/mol. The number of hydrogen-bond donors (Lipinski definition) is 0. The van der Waals surface area contributed by atoms with E-state index in [0.717, 1.165) is 0 Å². The second-order valence-electron chi connectivity index (χ2n) is 3.28. The second-order valence-corrected chi connectivity index (χ2v) is 3.28. The van der Waals surface area contributed by atoms with Crippen LogP contribution in [-0.2, 0) is 15.1 Å². The third kappa shape index (κ3) is 2.22. The van der Waals surface area contributed by atoms with Crippen molar-refractivity contribution in [3.63, 3.8) is 0 Å². The molecule has 0 aliphatic rings. The zero-order chi connectivity index (χ0) is 10.8. The van der Waals surface area contributed by atoms with Crippen LogP contribution in [-0.4, -0.2) is 5.97 Å². The molecular formula is C10H11FO3. The summed E-state index contributed by atoms with van der Waals surface area (Å²) in [5.74, 6) is -1.75. The molecule has 3 nitrogen and oxygen atoms in total. The van der Waals surface area contributed by atoms with E-state index >= 15 is 0 Å². The van der Waals surface area contributed by atoms with Crippen LogP contribution in [0.1, 0.15) is 19.6 Å². The van der Waals surface area contributed by atoms with Gasteiger partial charge in [-0.3, -0.25) is 0 Å². The monoisotopic (exact) mass is 198 g/mol. The Morgan fingerprint density at radius 1 is 1.64 bits per heavy atom. The second kappa shape index (κ2) is 3.65. The highest BCUT2D eigenvalue weighted by molar-refractivity contribution is 5.85. The molecule has 0 spiro atoms. The van der Waals surface area contributed by atoms with Gasteiger partial charge in [0, 0.05) is 0 Å². The van der Waals surface area contributed by atoms with Crippen LogP contribution >= 0.6 is 0 Å². The van der Waals surface area contributed by atoms with Gasteiger partial charge in [-0.15, -0.1) is 0 Å². The number of furan rings is 1. The Kier molecular flexibility index (Phi) is 2.74. The van der Waals surface area contributed by atoms with Gasteiger partial charge in [0.2, 0.25) is 5.83 Å². The van der Waals surface area contributed by atoms with Crippen molar-refractivity contribution >= 4 is 5.97 Å². The van der Waals surface area contributed by atoms with Crippen molar-refractivity contribution in [1.82, 2.24) is 0 Å². The van der Waals surface area contributed by atoms with Crippen LogP contribution in [0.2, 0.25) is 0 Å². The minimum absolute atomic E-state index is 0.451. The van der Waals surface area contributed by atoms with Crippen LogP contribution in [0.5, 0.6) is 0 Å². The lowest BCUT2D eigenvalue weighted by Gasteiger charge is -2.21. The lowest BCUT2D eigenvalue weighted by Crippen LogP contribution is -2.25. The summed E-state index contributed by atoms with van der Waals surface area (Å²) in [4.78, 5) is 10.9. The molecule has 0 amide bonds. The molecule has 0 unspecified atom stereocenters. The van der Waals surface area contributed by atoms with Gasteiger partial charge in [-0.25, -0.2) is 4.79 Å². The molecule has 1 heterocycles. The van der Waals surface area contributed by atoms with E-state index in [2.05, 4.69) is 6.58 Å². The molecule has 0 saturated carbocycles. The average Bonchev–Trinajstić information content (AvgIpc) is 2.54. The zero-order valence-electron chi connectivity index (χ0n) is 8.04. The number of hydrogen-bond acceptors (Lipinski definition) is 3. The van der Waals surface area contributed by atoms with Gasteiger partial charge in [-0.2, -0.15) is 4.39 Å². The van der Waals surface area contributed by atoms with Crippen LogP contribution in [0.25, 0.3) is 0 Å². The highest BCUT2D eigenvalue weighted by atomic mass is 19.1. The fourth-order valence-corrected chi connectivity index (χ4v) is 0.959. The topological polar surface area (TPSA) is 39.4 Å². The molecule has 0 radical (unpaired) electrons. The van der Waals surface area contributed by atoms with E-state index in [1.54, 1.807) is 26.0 Å². The maximum atomic E-state index is 12.4. The molecule has 4 heteroatoms. The largest absolute Gasteiger partial charge is 0.465 e. The van der Waals surface area contributed by atoms with Crippen molar-refractivity contribution in [2.24, 2.45) is 0 Å². The lowest BCUT2D eigenvalue weighted by atomic mass is 10.1. The van der Waals surface area contributed by atoms with E-state index in [9.17, 15) is 9.18 Å². The summed E-state index contributed by atoms with van der Waals surface area (Å²) >= 11 is 0. The van der Waals surface area contributed by atoms with Crippen LogP contribution < -0.4 is 0 Å². The zero-order valence-corrected chi connectivity index (χ0v) is 8.04. The van der Waals surface area contributed by atoms with Crippen LogP contribution in [0.4, 0.5) is 4.39 Å². The summed E-state index contributed by atoms with van der Waals surface area (Å²) < 4.78 is 22.3. The van der Waals surface area contributed by atoms with Crippen LogP contribution in [0.3, 0.4) is 0 Å². The van der Waals surface area contributed by atoms with Crippen molar-refractivity contribution in [2.75, 3.05) is 0 Å². The molecule has 0 aliphatic carbocycles. The quantitative estimate of drug-likeness (QED) is 0.553. The molecule has 0 aliphatic heterocycles. The Morgan fingerprint density at radius 2 is 2.29 bits per heavy atom. The van der Waals surface area contributed by atoms with Gasteiger partial charge in [0.1, 0.15) is 5.76 Å². The third-order valence-electron chi connectivity index (χ3n) is 1.68. The normalized spacial score (nSPS) is 11.1. The Morgan fingerprint density at radius 3 is 2.71 bits per heavy atom. The summed E-state index contributed by atoms with van der Waals surface area (Å²) in [6.45, 7) is 6.06. The predicted octanol–water partition coefficient (Wildman–Crippen LogP) is 2.54. The smallest absolute Gasteiger partial charge is 0.367 e. The molecule has 1 rings (SSSR count). The minimum Gasteiger partial charge on any atom is -0.465 e. The van der Waals surface area contributed by atoms with Crippen molar-refractivity contribution in [3.05, 3.63) is 36.6 Å². The number of carbonyl (C=O) groups excluding carboxylic acids is 1. The first kappa shape index (κ1) is 10.5.